The Morgan fingerprint density at radius 2 is 1.90 bits per heavy atom. The molecule has 1 aromatic heterocycles. The number of nitrogens with zero attached hydrogens (tertiary/aromatic N) is 1. The maximum Gasteiger partial charge on any atom is 0.238 e. The molecular weight excluding hydrogens is 342 g/mol. The lowest BCUT2D eigenvalue weighted by atomic mass is 10.2. The minimum atomic E-state index is -3.64. The number of halogens is 1. The first-order valence-electron chi connectivity index (χ1n) is 5.84. The van der Waals surface area contributed by atoms with Gasteiger partial charge in [-0.1, -0.05) is 12.1 Å². The van der Waals surface area contributed by atoms with Crippen molar-refractivity contribution in [2.75, 3.05) is 5.32 Å². The Kier molecular flexibility index (Phi) is 4.42. The number of primary sulfonamides is 1. The maximum absolute atomic E-state index is 11.2. The third kappa shape index (κ3) is 3.56. The van der Waals surface area contributed by atoms with Crippen molar-refractivity contribution in [1.82, 2.24) is 4.98 Å². The van der Waals surface area contributed by atoms with Crippen LogP contribution in [0.15, 0.2) is 45.9 Å². The molecule has 0 aliphatic carbocycles. The zero-order valence-electron chi connectivity index (χ0n) is 10.8. The fraction of sp³-hybridized carbons (Fsp3) is 0.154. The molecule has 0 spiro atoms. The number of hydrogen-bond donors (Lipinski definition) is 2. The van der Waals surface area contributed by atoms with Crippen molar-refractivity contribution in [3.05, 3.63) is 52.1 Å². The van der Waals surface area contributed by atoms with Crippen LogP contribution in [0.2, 0.25) is 0 Å². The van der Waals surface area contributed by atoms with Crippen LogP contribution < -0.4 is 10.5 Å². The van der Waals surface area contributed by atoms with Gasteiger partial charge in [0.25, 0.3) is 0 Å². The first-order chi connectivity index (χ1) is 9.38. The Labute approximate surface area is 126 Å². The smallest absolute Gasteiger partial charge is 0.238 e. The van der Waals surface area contributed by atoms with Crippen LogP contribution in [0.1, 0.15) is 11.1 Å². The summed E-state index contributed by atoms with van der Waals surface area (Å²) in [5.41, 5.74) is 2.03. The zero-order valence-corrected chi connectivity index (χ0v) is 13.2. The number of nitrogens with two attached hydrogens (primary N) is 1. The highest BCUT2D eigenvalue weighted by Crippen LogP contribution is 2.23. The normalized spacial score (nSPS) is 11.3. The van der Waals surface area contributed by atoms with E-state index in [1.807, 2.05) is 13.0 Å². The molecule has 0 amide bonds. The van der Waals surface area contributed by atoms with E-state index in [0.717, 1.165) is 21.4 Å². The third-order valence-corrected chi connectivity index (χ3v) is 4.72. The lowest BCUT2D eigenvalue weighted by molar-refractivity contribution is 0.598. The molecule has 3 N–H and O–H groups in total. The van der Waals surface area contributed by atoms with Crippen LogP contribution >= 0.6 is 15.9 Å². The van der Waals surface area contributed by atoms with Gasteiger partial charge in [-0.2, -0.15) is 0 Å². The van der Waals surface area contributed by atoms with E-state index in [2.05, 4.69) is 26.2 Å². The molecule has 5 nitrogen and oxygen atoms in total. The number of nitrogens with one attached hydrogen (secondary N) is 1. The molecule has 0 saturated carbocycles. The van der Waals surface area contributed by atoms with Gasteiger partial charge in [0.2, 0.25) is 10.0 Å². The largest absolute Gasteiger partial charge is 0.365 e. The van der Waals surface area contributed by atoms with Crippen molar-refractivity contribution < 1.29 is 8.42 Å². The molecule has 7 heteroatoms. The average molecular weight is 356 g/mol. The van der Waals surface area contributed by atoms with Crippen molar-refractivity contribution in [3.63, 3.8) is 0 Å². The summed E-state index contributed by atoms with van der Waals surface area (Å²) in [5, 5.41) is 8.24. The van der Waals surface area contributed by atoms with Crippen molar-refractivity contribution in [2.24, 2.45) is 5.14 Å². The summed E-state index contributed by atoms with van der Waals surface area (Å²) in [7, 11) is -3.64. The zero-order chi connectivity index (χ0) is 14.8. The van der Waals surface area contributed by atoms with Gasteiger partial charge in [-0.3, -0.25) is 0 Å². The molecule has 0 aliphatic rings. The number of rotatable bonds is 4. The van der Waals surface area contributed by atoms with E-state index >= 15 is 0 Å². The summed E-state index contributed by atoms with van der Waals surface area (Å²) in [6.45, 7) is 2.53. The Balaban J connectivity index is 2.10. The van der Waals surface area contributed by atoms with Gasteiger partial charge < -0.3 is 5.32 Å². The first-order valence-corrected chi connectivity index (χ1v) is 8.18. The van der Waals surface area contributed by atoms with Gasteiger partial charge in [0.05, 0.1) is 9.37 Å². The molecule has 1 aromatic carbocycles. The summed E-state index contributed by atoms with van der Waals surface area (Å²) in [6, 6.07) is 8.33. The van der Waals surface area contributed by atoms with Crippen LogP contribution in [0.4, 0.5) is 5.82 Å². The van der Waals surface area contributed by atoms with Crippen LogP contribution in [0, 0.1) is 6.92 Å². The number of anilines is 1. The SMILES string of the molecule is Cc1ccnc(NCc2ccc(S(N)(=O)=O)cc2)c1Br. The highest BCUT2D eigenvalue weighted by atomic mass is 79.9. The number of aryl methyl sites for hydroxylation is 1. The highest BCUT2D eigenvalue weighted by molar-refractivity contribution is 9.10. The fourth-order valence-corrected chi connectivity index (χ4v) is 2.54. The van der Waals surface area contributed by atoms with Crippen LogP contribution in [0.5, 0.6) is 0 Å². The predicted octanol–water partition coefficient (Wildman–Crippen LogP) is 2.41. The summed E-state index contributed by atoms with van der Waals surface area (Å²) in [4.78, 5) is 4.34. The van der Waals surface area contributed by atoms with Gasteiger partial charge in [-0.25, -0.2) is 18.5 Å². The lowest BCUT2D eigenvalue weighted by Gasteiger charge is -2.09. The van der Waals surface area contributed by atoms with Crippen LogP contribution in [-0.4, -0.2) is 13.4 Å². The van der Waals surface area contributed by atoms with Gasteiger partial charge in [-0.15, -0.1) is 0 Å². The second-order valence-electron chi connectivity index (χ2n) is 4.33. The summed E-state index contributed by atoms with van der Waals surface area (Å²) in [6.07, 6.45) is 1.73. The van der Waals surface area contributed by atoms with Crippen LogP contribution in [0.3, 0.4) is 0 Å². The van der Waals surface area contributed by atoms with Gasteiger partial charge in [0, 0.05) is 12.7 Å². The third-order valence-electron chi connectivity index (χ3n) is 2.79. The molecule has 0 atom stereocenters. The molecule has 106 valence electrons. The molecule has 0 bridgehead atoms. The Morgan fingerprint density at radius 1 is 1.25 bits per heavy atom. The van der Waals surface area contributed by atoms with Gasteiger partial charge in [0.15, 0.2) is 0 Å². The monoisotopic (exact) mass is 355 g/mol. The minimum absolute atomic E-state index is 0.108. The first kappa shape index (κ1) is 15.0. The van der Waals surface area contributed by atoms with Crippen molar-refractivity contribution >= 4 is 31.8 Å². The Bertz CT molecular complexity index is 715. The molecule has 2 aromatic rings. The lowest BCUT2D eigenvalue weighted by Crippen LogP contribution is -2.12. The number of pyridine rings is 1. The van der Waals surface area contributed by atoms with E-state index in [1.165, 1.54) is 12.1 Å². The van der Waals surface area contributed by atoms with Crippen molar-refractivity contribution in [3.8, 4) is 0 Å². The molecule has 0 aliphatic heterocycles. The standard InChI is InChI=1S/C13H14BrN3O2S/c1-9-6-7-16-13(12(9)14)17-8-10-2-4-11(5-3-10)20(15,18)19/h2-7H,8H2,1H3,(H,16,17)(H2,15,18,19). The molecular formula is C13H14BrN3O2S. The van der Waals surface area contributed by atoms with E-state index in [1.54, 1.807) is 18.3 Å². The summed E-state index contributed by atoms with van der Waals surface area (Å²) in [5.74, 6) is 0.750. The molecule has 0 unspecified atom stereocenters. The predicted molar refractivity (Wildman–Crippen MR) is 81.8 cm³/mol. The highest BCUT2D eigenvalue weighted by Gasteiger charge is 2.07. The molecule has 20 heavy (non-hydrogen) atoms. The van der Waals surface area contributed by atoms with Gasteiger partial charge in [-0.05, 0) is 52.2 Å². The van der Waals surface area contributed by atoms with Crippen molar-refractivity contribution in [2.45, 2.75) is 18.4 Å². The second-order valence-corrected chi connectivity index (χ2v) is 6.69. The maximum atomic E-state index is 11.2. The quantitative estimate of drug-likeness (QED) is 0.881. The number of benzene rings is 1. The molecule has 0 radical (unpaired) electrons. The van der Waals surface area contributed by atoms with Gasteiger partial charge in [0.1, 0.15) is 5.82 Å². The molecule has 2 rings (SSSR count). The average Bonchev–Trinajstić information content (AvgIpc) is 2.40. The van der Waals surface area contributed by atoms with E-state index in [-0.39, 0.29) is 4.90 Å². The molecule has 0 saturated heterocycles. The fourth-order valence-electron chi connectivity index (χ4n) is 1.65. The van der Waals surface area contributed by atoms with E-state index < -0.39 is 10.0 Å². The molecule has 1 heterocycles. The van der Waals surface area contributed by atoms with E-state index in [9.17, 15) is 8.42 Å². The Morgan fingerprint density at radius 3 is 2.50 bits per heavy atom. The number of hydrogen-bond acceptors (Lipinski definition) is 4. The topological polar surface area (TPSA) is 85.1 Å². The van der Waals surface area contributed by atoms with E-state index in [4.69, 9.17) is 5.14 Å². The molecule has 0 fully saturated rings. The van der Waals surface area contributed by atoms with Gasteiger partial charge >= 0.3 is 0 Å². The van der Waals surface area contributed by atoms with Crippen LogP contribution in [-0.2, 0) is 16.6 Å². The summed E-state index contributed by atoms with van der Waals surface area (Å²) < 4.78 is 23.2. The number of aromatic nitrogens is 1. The van der Waals surface area contributed by atoms with Crippen molar-refractivity contribution in [1.29, 1.82) is 0 Å². The summed E-state index contributed by atoms with van der Waals surface area (Å²) >= 11 is 3.47. The van der Waals surface area contributed by atoms with E-state index in [0.29, 0.717) is 6.54 Å². The Hall–Kier alpha value is -1.44. The van der Waals surface area contributed by atoms with Crippen LogP contribution in [0.25, 0.3) is 0 Å². The minimum Gasteiger partial charge on any atom is -0.365 e. The second kappa shape index (κ2) is 5.90. The number of sulfonamides is 1.